The average Bonchev–Trinajstić information content (AvgIpc) is 3.11. The molecule has 2 aromatic carbocycles. The molecule has 1 atom stereocenters. The van der Waals surface area contributed by atoms with E-state index >= 15 is 0 Å². The lowest BCUT2D eigenvalue weighted by Gasteiger charge is -2.36. The minimum absolute atomic E-state index is 0.266. The van der Waals surface area contributed by atoms with E-state index in [0.717, 1.165) is 11.3 Å². The van der Waals surface area contributed by atoms with Gasteiger partial charge in [0.05, 0.1) is 10.9 Å². The molecule has 4 rings (SSSR count). The Morgan fingerprint density at radius 2 is 1.60 bits per heavy atom. The van der Waals surface area contributed by atoms with Gasteiger partial charge in [0, 0.05) is 25.0 Å². The van der Waals surface area contributed by atoms with Crippen LogP contribution in [0.4, 0.5) is 4.39 Å². The maximum atomic E-state index is 13.3. The summed E-state index contributed by atoms with van der Waals surface area (Å²) in [6, 6.07) is 17.8. The van der Waals surface area contributed by atoms with Gasteiger partial charge in [-0.15, -0.1) is 0 Å². The molecule has 0 bridgehead atoms. The Balaban J connectivity index is 1.85. The first-order valence-electron chi connectivity index (χ1n) is 8.05. The molecule has 0 fully saturated rings. The van der Waals surface area contributed by atoms with Crippen LogP contribution in [-0.2, 0) is 16.6 Å². The van der Waals surface area contributed by atoms with Crippen molar-refractivity contribution in [2.45, 2.75) is 17.5 Å². The van der Waals surface area contributed by atoms with Crippen molar-refractivity contribution in [3.8, 4) is 0 Å². The lowest BCUT2D eigenvalue weighted by molar-refractivity contribution is 0.298. The summed E-state index contributed by atoms with van der Waals surface area (Å²) in [5.41, 5.74) is 1.64. The Morgan fingerprint density at radius 1 is 0.880 bits per heavy atom. The van der Waals surface area contributed by atoms with Gasteiger partial charge in [-0.25, -0.2) is 12.8 Å². The van der Waals surface area contributed by atoms with Crippen molar-refractivity contribution in [1.29, 1.82) is 0 Å². The Morgan fingerprint density at radius 3 is 2.32 bits per heavy atom. The number of fused-ring (bicyclic) bond motifs is 1. The molecule has 1 aliphatic rings. The maximum absolute atomic E-state index is 13.3. The van der Waals surface area contributed by atoms with Crippen LogP contribution >= 0.6 is 0 Å². The zero-order valence-electron chi connectivity index (χ0n) is 13.4. The molecule has 1 aliphatic heterocycles. The van der Waals surface area contributed by atoms with Gasteiger partial charge in [0.25, 0.3) is 0 Å². The molecule has 0 radical (unpaired) electrons. The second kappa shape index (κ2) is 6.13. The summed E-state index contributed by atoms with van der Waals surface area (Å²) in [6.45, 7) is 0.951. The number of aromatic nitrogens is 1. The quantitative estimate of drug-likeness (QED) is 0.722. The molecule has 128 valence electrons. The fourth-order valence-corrected chi connectivity index (χ4v) is 4.93. The standard InChI is InChI=1S/C19H17FN2O2S/c20-16-10-8-15(9-11-16)19-18-7-4-12-21(18)13-14-22(19)25(23,24)17-5-2-1-3-6-17/h1-12,19H,13-14H2/t19-/m1/s1. The fraction of sp³-hybridized carbons (Fsp3) is 0.158. The van der Waals surface area contributed by atoms with Gasteiger partial charge in [-0.2, -0.15) is 4.31 Å². The molecule has 1 aromatic heterocycles. The predicted octanol–water partition coefficient (Wildman–Crippen LogP) is 3.42. The third-order valence-electron chi connectivity index (χ3n) is 4.53. The van der Waals surface area contributed by atoms with Crippen LogP contribution in [0.25, 0.3) is 0 Å². The highest BCUT2D eigenvalue weighted by Gasteiger charge is 2.37. The van der Waals surface area contributed by atoms with Crippen LogP contribution < -0.4 is 0 Å². The lowest BCUT2D eigenvalue weighted by atomic mass is 10.0. The summed E-state index contributed by atoms with van der Waals surface area (Å²) in [5, 5.41) is 0. The van der Waals surface area contributed by atoms with E-state index in [4.69, 9.17) is 0 Å². The van der Waals surface area contributed by atoms with Crippen molar-refractivity contribution in [1.82, 2.24) is 8.87 Å². The van der Waals surface area contributed by atoms with E-state index in [1.165, 1.54) is 16.4 Å². The van der Waals surface area contributed by atoms with Crippen LogP contribution in [0, 0.1) is 5.82 Å². The number of hydrogen-bond donors (Lipinski definition) is 0. The summed E-state index contributed by atoms with van der Waals surface area (Å²) in [7, 11) is -3.66. The van der Waals surface area contributed by atoms with Gasteiger partial charge < -0.3 is 4.57 Å². The van der Waals surface area contributed by atoms with Crippen LogP contribution in [0.15, 0.2) is 77.8 Å². The lowest BCUT2D eigenvalue weighted by Crippen LogP contribution is -2.42. The van der Waals surface area contributed by atoms with Gasteiger partial charge in [0.2, 0.25) is 10.0 Å². The third kappa shape index (κ3) is 2.77. The normalized spacial score (nSPS) is 18.0. The van der Waals surface area contributed by atoms with Crippen molar-refractivity contribution in [2.75, 3.05) is 6.54 Å². The van der Waals surface area contributed by atoms with Crippen LogP contribution in [0.5, 0.6) is 0 Å². The number of sulfonamides is 1. The molecule has 3 aromatic rings. The van der Waals surface area contributed by atoms with Crippen LogP contribution in [0.3, 0.4) is 0 Å². The molecule has 4 nitrogen and oxygen atoms in total. The third-order valence-corrected chi connectivity index (χ3v) is 6.41. The number of benzene rings is 2. The molecule has 0 N–H and O–H groups in total. The number of nitrogens with zero attached hydrogens (tertiary/aromatic N) is 2. The number of halogens is 1. The van der Waals surface area contributed by atoms with Crippen molar-refractivity contribution < 1.29 is 12.8 Å². The Labute approximate surface area is 146 Å². The average molecular weight is 356 g/mol. The van der Waals surface area contributed by atoms with Crippen LogP contribution in [-0.4, -0.2) is 23.8 Å². The molecular formula is C19H17FN2O2S. The zero-order chi connectivity index (χ0) is 17.4. The van der Waals surface area contributed by atoms with E-state index in [1.54, 1.807) is 42.5 Å². The SMILES string of the molecule is O=S(=O)(c1ccccc1)N1CCn2cccc2[C@H]1c1ccc(F)cc1. The molecule has 0 saturated heterocycles. The van der Waals surface area contributed by atoms with Gasteiger partial charge in [-0.05, 0) is 42.0 Å². The van der Waals surface area contributed by atoms with Gasteiger partial charge >= 0.3 is 0 Å². The number of rotatable bonds is 3. The molecule has 6 heteroatoms. The van der Waals surface area contributed by atoms with E-state index in [9.17, 15) is 12.8 Å². The topological polar surface area (TPSA) is 42.3 Å². The highest BCUT2D eigenvalue weighted by atomic mass is 32.2. The van der Waals surface area contributed by atoms with E-state index in [-0.39, 0.29) is 10.7 Å². The smallest absolute Gasteiger partial charge is 0.244 e. The Kier molecular flexibility index (Phi) is 3.94. The van der Waals surface area contributed by atoms with Gasteiger partial charge in [-0.3, -0.25) is 0 Å². The predicted molar refractivity (Wildman–Crippen MR) is 93.0 cm³/mol. The summed E-state index contributed by atoms with van der Waals surface area (Å²) in [4.78, 5) is 0.266. The first-order valence-corrected chi connectivity index (χ1v) is 9.49. The van der Waals surface area contributed by atoms with Crippen LogP contribution in [0.2, 0.25) is 0 Å². The van der Waals surface area contributed by atoms with Crippen molar-refractivity contribution in [3.05, 3.63) is 90.0 Å². The van der Waals surface area contributed by atoms with Crippen molar-refractivity contribution in [2.24, 2.45) is 0 Å². The number of hydrogen-bond acceptors (Lipinski definition) is 2. The van der Waals surface area contributed by atoms with E-state index in [2.05, 4.69) is 0 Å². The highest BCUT2D eigenvalue weighted by molar-refractivity contribution is 7.89. The minimum Gasteiger partial charge on any atom is -0.348 e. The van der Waals surface area contributed by atoms with E-state index in [1.807, 2.05) is 22.9 Å². The summed E-state index contributed by atoms with van der Waals surface area (Å²) >= 11 is 0. The molecule has 0 unspecified atom stereocenters. The van der Waals surface area contributed by atoms with Gasteiger partial charge in [-0.1, -0.05) is 30.3 Å². The highest BCUT2D eigenvalue weighted by Crippen LogP contribution is 2.36. The van der Waals surface area contributed by atoms with Gasteiger partial charge in [0.15, 0.2) is 0 Å². The molecular weight excluding hydrogens is 339 g/mol. The minimum atomic E-state index is -3.66. The molecule has 0 spiro atoms. The van der Waals surface area contributed by atoms with Crippen LogP contribution in [0.1, 0.15) is 17.3 Å². The second-order valence-electron chi connectivity index (χ2n) is 6.01. The molecule has 2 heterocycles. The van der Waals surface area contributed by atoms with Crippen molar-refractivity contribution >= 4 is 10.0 Å². The molecule has 25 heavy (non-hydrogen) atoms. The summed E-state index contributed by atoms with van der Waals surface area (Å²) in [5.74, 6) is -0.340. The Hall–Kier alpha value is -2.44. The Bertz CT molecular complexity index is 982. The first kappa shape index (κ1) is 16.1. The monoisotopic (exact) mass is 356 g/mol. The largest absolute Gasteiger partial charge is 0.348 e. The maximum Gasteiger partial charge on any atom is 0.244 e. The second-order valence-corrected chi connectivity index (χ2v) is 7.90. The fourth-order valence-electron chi connectivity index (χ4n) is 3.33. The first-order chi connectivity index (χ1) is 12.1. The summed E-state index contributed by atoms with van der Waals surface area (Å²) in [6.07, 6.45) is 1.94. The molecule has 0 saturated carbocycles. The van der Waals surface area contributed by atoms with E-state index < -0.39 is 16.1 Å². The van der Waals surface area contributed by atoms with E-state index in [0.29, 0.717) is 13.1 Å². The van der Waals surface area contributed by atoms with Crippen molar-refractivity contribution in [3.63, 3.8) is 0 Å². The zero-order valence-corrected chi connectivity index (χ0v) is 14.2. The molecule has 0 aliphatic carbocycles. The molecule has 0 amide bonds. The van der Waals surface area contributed by atoms with Gasteiger partial charge in [0.1, 0.15) is 5.82 Å². The summed E-state index contributed by atoms with van der Waals surface area (Å²) < 4.78 is 43.3.